The molecule has 112 valence electrons. The Bertz CT molecular complexity index is 579. The van der Waals surface area contributed by atoms with Gasteiger partial charge in [0.1, 0.15) is 10.8 Å². The summed E-state index contributed by atoms with van der Waals surface area (Å²) in [5.41, 5.74) is 8.08. The maximum Gasteiger partial charge on any atom is 0.147 e. The largest absolute Gasteiger partial charge is 0.382 e. The third-order valence-corrected chi connectivity index (χ3v) is 4.66. The number of nitrogen functional groups attached to an aromatic ring is 1. The Morgan fingerprint density at radius 3 is 2.81 bits per heavy atom. The number of likely N-dealkylation sites (N-methyl/N-ethyl adjacent to an activating group) is 1. The molecular weight excluding hydrogens is 282 g/mol. The van der Waals surface area contributed by atoms with Gasteiger partial charge in [0.15, 0.2) is 0 Å². The molecule has 0 aliphatic heterocycles. The van der Waals surface area contributed by atoms with Gasteiger partial charge in [0.05, 0.1) is 5.56 Å². The van der Waals surface area contributed by atoms with Crippen molar-refractivity contribution < 1.29 is 0 Å². The van der Waals surface area contributed by atoms with Crippen LogP contribution in [0.3, 0.4) is 0 Å². The van der Waals surface area contributed by atoms with Crippen molar-refractivity contribution in [1.29, 1.82) is 0 Å². The van der Waals surface area contributed by atoms with E-state index < -0.39 is 0 Å². The number of anilines is 2. The van der Waals surface area contributed by atoms with Crippen LogP contribution < -0.4 is 11.1 Å². The molecule has 0 spiro atoms. The van der Waals surface area contributed by atoms with E-state index in [9.17, 15) is 0 Å². The van der Waals surface area contributed by atoms with E-state index in [1.54, 1.807) is 12.4 Å². The number of hydrogen-bond acceptors (Lipinski definition) is 6. The molecule has 1 aliphatic rings. The smallest absolute Gasteiger partial charge is 0.147 e. The molecule has 0 unspecified atom stereocenters. The second-order valence-corrected chi connectivity index (χ2v) is 6.07. The van der Waals surface area contributed by atoms with Gasteiger partial charge in [-0.2, -0.15) is 4.37 Å². The minimum Gasteiger partial charge on any atom is -0.382 e. The van der Waals surface area contributed by atoms with Crippen molar-refractivity contribution in [1.82, 2.24) is 14.3 Å². The summed E-state index contributed by atoms with van der Waals surface area (Å²) in [6, 6.07) is 4.74. The minimum atomic E-state index is 0.586. The SMILES string of the molecule is CCN(CCNc1snc(N)c1-c1ccncc1)C1CC1. The minimum absolute atomic E-state index is 0.586. The van der Waals surface area contributed by atoms with Crippen LogP contribution in [0.5, 0.6) is 0 Å². The third kappa shape index (κ3) is 3.33. The van der Waals surface area contributed by atoms with Crippen molar-refractivity contribution in [3.05, 3.63) is 24.5 Å². The van der Waals surface area contributed by atoms with Crippen LogP contribution in [-0.2, 0) is 0 Å². The fourth-order valence-corrected chi connectivity index (χ4v) is 3.33. The summed E-state index contributed by atoms with van der Waals surface area (Å²) in [7, 11) is 0. The summed E-state index contributed by atoms with van der Waals surface area (Å²) in [5.74, 6) is 0.586. The first-order chi connectivity index (χ1) is 10.3. The van der Waals surface area contributed by atoms with Crippen LogP contribution in [-0.4, -0.2) is 39.9 Å². The molecule has 6 heteroatoms. The highest BCUT2D eigenvalue weighted by atomic mass is 32.1. The van der Waals surface area contributed by atoms with Crippen molar-refractivity contribution in [2.75, 3.05) is 30.7 Å². The van der Waals surface area contributed by atoms with E-state index in [0.29, 0.717) is 5.82 Å². The lowest BCUT2D eigenvalue weighted by Gasteiger charge is -2.20. The Labute approximate surface area is 129 Å². The van der Waals surface area contributed by atoms with E-state index in [-0.39, 0.29) is 0 Å². The highest BCUT2D eigenvalue weighted by Crippen LogP contribution is 2.36. The molecule has 0 atom stereocenters. The number of aromatic nitrogens is 2. The molecule has 2 heterocycles. The molecule has 0 amide bonds. The molecule has 2 aromatic heterocycles. The van der Waals surface area contributed by atoms with Crippen molar-refractivity contribution in [2.45, 2.75) is 25.8 Å². The highest BCUT2D eigenvalue weighted by molar-refractivity contribution is 7.11. The monoisotopic (exact) mass is 303 g/mol. The van der Waals surface area contributed by atoms with Gasteiger partial charge in [0, 0.05) is 31.5 Å². The molecule has 1 fully saturated rings. The normalized spacial score (nSPS) is 14.6. The first-order valence-electron chi connectivity index (χ1n) is 7.43. The van der Waals surface area contributed by atoms with Gasteiger partial charge in [0.2, 0.25) is 0 Å². The number of pyridine rings is 1. The van der Waals surface area contributed by atoms with Crippen molar-refractivity contribution in [2.24, 2.45) is 0 Å². The molecule has 3 rings (SSSR count). The van der Waals surface area contributed by atoms with Gasteiger partial charge in [-0.25, -0.2) is 0 Å². The Morgan fingerprint density at radius 2 is 2.14 bits per heavy atom. The van der Waals surface area contributed by atoms with E-state index in [1.165, 1.54) is 24.4 Å². The average Bonchev–Trinajstić information content (AvgIpc) is 3.28. The lowest BCUT2D eigenvalue weighted by molar-refractivity contribution is 0.289. The molecule has 2 aromatic rings. The second-order valence-electron chi connectivity index (χ2n) is 5.29. The van der Waals surface area contributed by atoms with E-state index in [1.807, 2.05) is 12.1 Å². The molecule has 0 saturated heterocycles. The predicted molar refractivity (Wildman–Crippen MR) is 88.5 cm³/mol. The lowest BCUT2D eigenvalue weighted by atomic mass is 10.1. The quantitative estimate of drug-likeness (QED) is 0.823. The van der Waals surface area contributed by atoms with E-state index in [2.05, 4.69) is 26.5 Å². The molecular formula is C15H21N5S. The Morgan fingerprint density at radius 1 is 1.38 bits per heavy atom. The maximum atomic E-state index is 6.02. The molecule has 1 saturated carbocycles. The number of nitrogens with one attached hydrogen (secondary N) is 1. The van der Waals surface area contributed by atoms with Crippen LogP contribution in [0.4, 0.5) is 10.8 Å². The fraction of sp³-hybridized carbons (Fsp3) is 0.467. The first kappa shape index (κ1) is 14.3. The van der Waals surface area contributed by atoms with Gasteiger partial charge in [0.25, 0.3) is 0 Å². The average molecular weight is 303 g/mol. The van der Waals surface area contributed by atoms with E-state index >= 15 is 0 Å². The van der Waals surface area contributed by atoms with Gasteiger partial charge in [-0.05, 0) is 48.6 Å². The van der Waals surface area contributed by atoms with Crippen LogP contribution in [0.1, 0.15) is 19.8 Å². The predicted octanol–water partition coefficient (Wildman–Crippen LogP) is 2.68. The lowest BCUT2D eigenvalue weighted by Crippen LogP contribution is -2.30. The Kier molecular flexibility index (Phi) is 4.36. The number of nitrogens with zero attached hydrogens (tertiary/aromatic N) is 3. The molecule has 0 radical (unpaired) electrons. The van der Waals surface area contributed by atoms with Crippen molar-refractivity contribution in [3.8, 4) is 11.1 Å². The zero-order chi connectivity index (χ0) is 14.7. The summed E-state index contributed by atoms with van der Waals surface area (Å²) in [6.07, 6.45) is 6.26. The topological polar surface area (TPSA) is 67.1 Å². The maximum absolute atomic E-state index is 6.02. The number of hydrogen-bond donors (Lipinski definition) is 2. The standard InChI is InChI=1S/C15H21N5S/c1-2-20(12-3-4-12)10-9-18-15-13(14(16)19-21-15)11-5-7-17-8-6-11/h5-8,12,18H,2-4,9-10H2,1H3,(H2,16,19). The molecule has 21 heavy (non-hydrogen) atoms. The third-order valence-electron chi connectivity index (χ3n) is 3.84. The summed E-state index contributed by atoms with van der Waals surface area (Å²) >= 11 is 1.43. The molecule has 5 nitrogen and oxygen atoms in total. The van der Waals surface area contributed by atoms with Crippen LogP contribution in [0, 0.1) is 0 Å². The van der Waals surface area contributed by atoms with Gasteiger partial charge in [-0.15, -0.1) is 0 Å². The van der Waals surface area contributed by atoms with Gasteiger partial charge < -0.3 is 11.1 Å². The Balaban J connectivity index is 1.66. The first-order valence-corrected chi connectivity index (χ1v) is 8.20. The highest BCUT2D eigenvalue weighted by Gasteiger charge is 2.27. The van der Waals surface area contributed by atoms with E-state index in [0.717, 1.165) is 41.8 Å². The second kappa shape index (κ2) is 6.41. The summed E-state index contributed by atoms with van der Waals surface area (Å²) in [6.45, 7) is 5.33. The van der Waals surface area contributed by atoms with Crippen molar-refractivity contribution in [3.63, 3.8) is 0 Å². The van der Waals surface area contributed by atoms with E-state index in [4.69, 9.17) is 5.73 Å². The van der Waals surface area contributed by atoms with Gasteiger partial charge >= 0.3 is 0 Å². The number of nitrogens with two attached hydrogens (primary N) is 1. The van der Waals surface area contributed by atoms with Gasteiger partial charge in [-0.3, -0.25) is 9.88 Å². The van der Waals surface area contributed by atoms with Crippen LogP contribution in [0.15, 0.2) is 24.5 Å². The Hall–Kier alpha value is -1.66. The summed E-state index contributed by atoms with van der Waals surface area (Å²) < 4.78 is 4.28. The molecule has 1 aliphatic carbocycles. The van der Waals surface area contributed by atoms with Crippen LogP contribution in [0.2, 0.25) is 0 Å². The fourth-order valence-electron chi connectivity index (χ4n) is 2.57. The van der Waals surface area contributed by atoms with Crippen LogP contribution >= 0.6 is 11.5 Å². The molecule has 0 bridgehead atoms. The molecule has 0 aromatic carbocycles. The zero-order valence-corrected chi connectivity index (χ0v) is 13.1. The van der Waals surface area contributed by atoms with Gasteiger partial charge in [-0.1, -0.05) is 6.92 Å². The number of rotatable bonds is 7. The zero-order valence-electron chi connectivity index (χ0n) is 12.2. The molecule has 3 N–H and O–H groups in total. The van der Waals surface area contributed by atoms with Crippen molar-refractivity contribution >= 4 is 22.4 Å². The summed E-state index contributed by atoms with van der Waals surface area (Å²) in [5, 5.41) is 4.54. The van der Waals surface area contributed by atoms with Crippen LogP contribution in [0.25, 0.3) is 11.1 Å². The summed E-state index contributed by atoms with van der Waals surface area (Å²) in [4.78, 5) is 6.58.